The zero-order chi connectivity index (χ0) is 25.4. The van der Waals surface area contributed by atoms with Crippen molar-refractivity contribution in [1.82, 2.24) is 35.0 Å². The van der Waals surface area contributed by atoms with Crippen molar-refractivity contribution in [3.8, 4) is 11.5 Å². The van der Waals surface area contributed by atoms with Gasteiger partial charge in [0.05, 0.1) is 24.9 Å². The molecule has 4 aromatic rings. The van der Waals surface area contributed by atoms with Gasteiger partial charge in [0.15, 0.2) is 23.1 Å². The number of hydrogen-bond donors (Lipinski definition) is 1. The number of carbonyl (C=O) groups excluding carboxylic acids is 1. The van der Waals surface area contributed by atoms with E-state index in [-0.39, 0.29) is 18.3 Å². The molecule has 13 nitrogen and oxygen atoms in total. The molecular weight excluding hydrogens is 482 g/mol. The van der Waals surface area contributed by atoms with Crippen LogP contribution in [0.15, 0.2) is 45.8 Å². The van der Waals surface area contributed by atoms with E-state index in [2.05, 4.69) is 25.4 Å². The van der Waals surface area contributed by atoms with Gasteiger partial charge in [0, 0.05) is 50.3 Å². The highest BCUT2D eigenvalue weighted by Gasteiger charge is 2.34. The maximum atomic E-state index is 13.4. The van der Waals surface area contributed by atoms with Gasteiger partial charge in [0.1, 0.15) is 6.04 Å². The van der Waals surface area contributed by atoms with Crippen LogP contribution >= 0.6 is 0 Å². The number of furan rings is 1. The van der Waals surface area contributed by atoms with E-state index in [1.54, 1.807) is 34.9 Å². The summed E-state index contributed by atoms with van der Waals surface area (Å²) in [7, 11) is 1.61. The molecule has 6 rings (SSSR count). The molecule has 1 atom stereocenters. The first-order valence-corrected chi connectivity index (χ1v) is 11.9. The van der Waals surface area contributed by atoms with E-state index in [0.717, 1.165) is 5.39 Å². The van der Waals surface area contributed by atoms with E-state index in [9.17, 15) is 9.59 Å². The van der Waals surface area contributed by atoms with Crippen molar-refractivity contribution < 1.29 is 23.4 Å². The van der Waals surface area contributed by atoms with Crippen LogP contribution in [-0.2, 0) is 11.3 Å². The summed E-state index contributed by atoms with van der Waals surface area (Å²) < 4.78 is 23.1. The van der Waals surface area contributed by atoms with Gasteiger partial charge in [0.2, 0.25) is 6.79 Å². The number of fused-ring (bicyclic) bond motifs is 2. The third-order valence-corrected chi connectivity index (χ3v) is 6.67. The van der Waals surface area contributed by atoms with E-state index in [1.807, 2.05) is 12.1 Å². The lowest BCUT2D eigenvalue weighted by atomic mass is 10.0. The lowest BCUT2D eigenvalue weighted by Gasteiger charge is -2.38. The highest BCUT2D eigenvalue weighted by atomic mass is 16.7. The fourth-order valence-electron chi connectivity index (χ4n) is 4.80. The fraction of sp³-hybridized carbons (Fsp3) is 0.375. The van der Waals surface area contributed by atoms with E-state index in [4.69, 9.17) is 18.6 Å². The normalized spacial score (nSPS) is 16.4. The van der Waals surface area contributed by atoms with Crippen molar-refractivity contribution >= 4 is 16.8 Å². The average molecular weight is 508 g/mol. The van der Waals surface area contributed by atoms with Gasteiger partial charge in [-0.1, -0.05) is 0 Å². The van der Waals surface area contributed by atoms with Gasteiger partial charge >= 0.3 is 0 Å². The van der Waals surface area contributed by atoms with Gasteiger partial charge in [-0.2, -0.15) is 0 Å². The lowest BCUT2D eigenvalue weighted by Crippen LogP contribution is -2.50. The first kappa shape index (κ1) is 23.2. The molecule has 1 saturated heterocycles. The quantitative estimate of drug-likeness (QED) is 0.386. The minimum absolute atomic E-state index is 0.140. The number of nitrogens with one attached hydrogen (secondary N) is 1. The van der Waals surface area contributed by atoms with Gasteiger partial charge in [0.25, 0.3) is 11.5 Å². The number of piperazine rings is 1. The number of aromatic amines is 1. The zero-order valence-corrected chi connectivity index (χ0v) is 20.1. The van der Waals surface area contributed by atoms with Gasteiger partial charge < -0.3 is 28.5 Å². The average Bonchev–Trinajstić information content (AvgIpc) is 3.69. The molecule has 1 N–H and O–H groups in total. The number of H-pyrrole nitrogens is 1. The van der Waals surface area contributed by atoms with Gasteiger partial charge in [-0.3, -0.25) is 14.5 Å². The fourth-order valence-corrected chi connectivity index (χ4v) is 4.80. The second kappa shape index (κ2) is 9.67. The standard InChI is InChI=1S/C24H25N7O6/c1-34-10-8-31-22(26-27-28-31)21(29-4-6-30(7-5-29)24(33)18-3-2-9-35-18)16-11-15-12-19-20(37-14-36-19)13-17(15)25-23(16)32/h2-3,9,11-13,21H,4-8,10,14H2,1H3,(H,25,32). The number of rotatable bonds is 7. The molecule has 0 aliphatic carbocycles. The Bertz CT molecular complexity index is 1470. The molecule has 3 aromatic heterocycles. The molecule has 1 fully saturated rings. The number of methoxy groups -OCH3 is 1. The smallest absolute Gasteiger partial charge is 0.289 e. The summed E-state index contributed by atoms with van der Waals surface area (Å²) >= 11 is 0. The highest BCUT2D eigenvalue weighted by molar-refractivity contribution is 5.91. The van der Waals surface area contributed by atoms with Crippen molar-refractivity contribution in [2.75, 3.05) is 46.7 Å². The Labute approximate surface area is 210 Å². The van der Waals surface area contributed by atoms with Crippen molar-refractivity contribution in [3.05, 3.63) is 64.1 Å². The van der Waals surface area contributed by atoms with E-state index in [1.165, 1.54) is 6.26 Å². The second-order valence-electron chi connectivity index (χ2n) is 8.81. The minimum Gasteiger partial charge on any atom is -0.459 e. The summed E-state index contributed by atoms with van der Waals surface area (Å²) in [5.41, 5.74) is 0.877. The maximum absolute atomic E-state index is 13.4. The first-order valence-electron chi connectivity index (χ1n) is 11.9. The van der Waals surface area contributed by atoms with Crippen molar-refractivity contribution in [2.45, 2.75) is 12.6 Å². The van der Waals surface area contributed by atoms with Crippen LogP contribution in [0.25, 0.3) is 10.9 Å². The third kappa shape index (κ3) is 4.32. The number of benzene rings is 1. The number of carbonyl (C=O) groups is 1. The Balaban J connectivity index is 1.36. The summed E-state index contributed by atoms with van der Waals surface area (Å²) in [6.07, 6.45) is 1.48. The Morgan fingerprint density at radius 2 is 1.97 bits per heavy atom. The molecule has 0 spiro atoms. The third-order valence-electron chi connectivity index (χ3n) is 6.67. The molecule has 2 aliphatic heterocycles. The Hall–Kier alpha value is -4.23. The van der Waals surface area contributed by atoms with Gasteiger partial charge in [-0.25, -0.2) is 4.68 Å². The van der Waals surface area contributed by atoms with Crippen molar-refractivity contribution in [3.63, 3.8) is 0 Å². The molecule has 13 heteroatoms. The second-order valence-corrected chi connectivity index (χ2v) is 8.81. The van der Waals surface area contributed by atoms with E-state index >= 15 is 0 Å². The SMILES string of the molecule is COCCn1nnnc1C(c1cc2cc3c(cc2[nH]c1=O)OCO3)N1CCN(C(=O)c2ccco2)CC1. The highest BCUT2D eigenvalue weighted by Crippen LogP contribution is 2.36. The van der Waals surface area contributed by atoms with E-state index < -0.39 is 6.04 Å². The molecular formula is C24H25N7O6. The lowest BCUT2D eigenvalue weighted by molar-refractivity contribution is 0.0557. The summed E-state index contributed by atoms with van der Waals surface area (Å²) in [6.45, 7) is 2.91. The Morgan fingerprint density at radius 1 is 1.16 bits per heavy atom. The largest absolute Gasteiger partial charge is 0.459 e. The van der Waals surface area contributed by atoms with Crippen molar-refractivity contribution in [2.24, 2.45) is 0 Å². The molecule has 192 valence electrons. The molecule has 2 aliphatic rings. The van der Waals surface area contributed by atoms with E-state index in [0.29, 0.717) is 73.5 Å². The molecule has 1 unspecified atom stereocenters. The monoisotopic (exact) mass is 507 g/mol. The van der Waals surface area contributed by atoms with Crippen LogP contribution in [0, 0.1) is 0 Å². The number of nitrogens with zero attached hydrogens (tertiary/aromatic N) is 6. The van der Waals surface area contributed by atoms with Crippen LogP contribution < -0.4 is 15.0 Å². The molecule has 5 heterocycles. The molecule has 0 bridgehead atoms. The summed E-state index contributed by atoms with van der Waals surface area (Å²) in [4.78, 5) is 33.1. The summed E-state index contributed by atoms with van der Waals surface area (Å²) in [6, 6.07) is 8.25. The van der Waals surface area contributed by atoms with Crippen LogP contribution in [0.5, 0.6) is 11.5 Å². The molecule has 0 saturated carbocycles. The topological polar surface area (TPSA) is 141 Å². The molecule has 0 radical (unpaired) electrons. The molecule has 1 amide bonds. The summed E-state index contributed by atoms with van der Waals surface area (Å²) in [5.74, 6) is 1.88. The van der Waals surface area contributed by atoms with Crippen molar-refractivity contribution in [1.29, 1.82) is 0 Å². The van der Waals surface area contributed by atoms with Gasteiger partial charge in [-0.05, 0) is 34.7 Å². The van der Waals surface area contributed by atoms with Crippen LogP contribution in [0.4, 0.5) is 0 Å². The van der Waals surface area contributed by atoms with Crippen LogP contribution in [-0.4, -0.2) is 87.6 Å². The number of aromatic nitrogens is 5. The predicted molar refractivity (Wildman–Crippen MR) is 128 cm³/mol. The number of ether oxygens (including phenoxy) is 3. The predicted octanol–water partition coefficient (Wildman–Crippen LogP) is 1.03. The van der Waals surface area contributed by atoms with Crippen LogP contribution in [0.2, 0.25) is 0 Å². The zero-order valence-electron chi connectivity index (χ0n) is 20.1. The summed E-state index contributed by atoms with van der Waals surface area (Å²) in [5, 5.41) is 13.1. The number of pyridine rings is 1. The van der Waals surface area contributed by atoms with Crippen LogP contribution in [0.1, 0.15) is 28.0 Å². The Morgan fingerprint density at radius 3 is 2.73 bits per heavy atom. The van der Waals surface area contributed by atoms with Gasteiger partial charge in [-0.15, -0.1) is 5.10 Å². The molecule has 37 heavy (non-hydrogen) atoms. The first-order chi connectivity index (χ1) is 18.1. The van der Waals surface area contributed by atoms with Crippen LogP contribution in [0.3, 0.4) is 0 Å². The maximum Gasteiger partial charge on any atom is 0.289 e. The number of amides is 1. The number of tetrazole rings is 1. The minimum atomic E-state index is -0.550. The molecule has 1 aromatic carbocycles. The number of hydrogen-bond acceptors (Lipinski definition) is 10. The Kier molecular flexibility index (Phi) is 6.06.